The number of carbonyl (C=O) groups is 2. The van der Waals surface area contributed by atoms with Gasteiger partial charge < -0.3 is 14.9 Å². The molecule has 0 radical (unpaired) electrons. The standard InChI is InChI=1S/C19H12Cl2O5/c20-13-6-11-5-12(18(22)23)7-16(17(11)15(21)8-13)26-9-10-3-1-2-4-14(10)19(24)25/h1-8H,9H2,(H,22,23)(H,24,25). The molecule has 132 valence electrons. The van der Waals surface area contributed by atoms with Crippen molar-refractivity contribution in [1.82, 2.24) is 0 Å². The Kier molecular flexibility index (Phi) is 5.02. The minimum atomic E-state index is -1.13. The van der Waals surface area contributed by atoms with E-state index >= 15 is 0 Å². The fourth-order valence-corrected chi connectivity index (χ4v) is 3.24. The first-order valence-electron chi connectivity index (χ1n) is 7.47. The van der Waals surface area contributed by atoms with Gasteiger partial charge in [-0.05, 0) is 35.7 Å². The van der Waals surface area contributed by atoms with E-state index in [0.717, 1.165) is 0 Å². The second-order valence-corrected chi connectivity index (χ2v) is 6.36. The molecule has 0 amide bonds. The largest absolute Gasteiger partial charge is 0.488 e. The van der Waals surface area contributed by atoms with E-state index in [1.807, 2.05) is 0 Å². The van der Waals surface area contributed by atoms with Gasteiger partial charge in [0.15, 0.2) is 0 Å². The van der Waals surface area contributed by atoms with E-state index < -0.39 is 11.9 Å². The predicted molar refractivity (Wildman–Crippen MR) is 98.7 cm³/mol. The minimum Gasteiger partial charge on any atom is -0.488 e. The number of ether oxygens (including phenoxy) is 1. The first-order valence-corrected chi connectivity index (χ1v) is 8.22. The lowest BCUT2D eigenvalue weighted by molar-refractivity contribution is 0.0685. The summed E-state index contributed by atoms with van der Waals surface area (Å²) in [5.41, 5.74) is 0.580. The summed E-state index contributed by atoms with van der Waals surface area (Å²) < 4.78 is 5.75. The first kappa shape index (κ1) is 18.0. The molecular weight excluding hydrogens is 379 g/mol. The summed E-state index contributed by atoms with van der Waals surface area (Å²) in [5.74, 6) is -1.96. The van der Waals surface area contributed by atoms with Crippen molar-refractivity contribution in [2.45, 2.75) is 6.61 Å². The molecule has 0 saturated heterocycles. The van der Waals surface area contributed by atoms with Crippen molar-refractivity contribution in [3.05, 3.63) is 75.3 Å². The van der Waals surface area contributed by atoms with Crippen LogP contribution in [0, 0.1) is 0 Å². The summed E-state index contributed by atoms with van der Waals surface area (Å²) in [6, 6.07) is 12.3. The number of carboxylic acid groups (broad SMARTS) is 2. The van der Waals surface area contributed by atoms with Crippen LogP contribution in [0.1, 0.15) is 26.3 Å². The van der Waals surface area contributed by atoms with Gasteiger partial charge >= 0.3 is 11.9 Å². The van der Waals surface area contributed by atoms with Crippen molar-refractivity contribution in [3.63, 3.8) is 0 Å². The molecule has 0 bridgehead atoms. The van der Waals surface area contributed by atoms with Crippen LogP contribution in [-0.4, -0.2) is 22.2 Å². The lowest BCUT2D eigenvalue weighted by atomic mass is 10.1. The van der Waals surface area contributed by atoms with Crippen LogP contribution in [0.4, 0.5) is 0 Å². The Labute approximate surface area is 158 Å². The molecule has 5 nitrogen and oxygen atoms in total. The number of rotatable bonds is 5. The third kappa shape index (κ3) is 3.59. The molecule has 0 atom stereocenters. The van der Waals surface area contributed by atoms with Gasteiger partial charge in [-0.15, -0.1) is 0 Å². The highest BCUT2D eigenvalue weighted by atomic mass is 35.5. The molecule has 0 aliphatic rings. The third-order valence-corrected chi connectivity index (χ3v) is 4.32. The van der Waals surface area contributed by atoms with Crippen LogP contribution < -0.4 is 4.74 Å². The van der Waals surface area contributed by atoms with Crippen LogP contribution in [0.15, 0.2) is 48.5 Å². The molecule has 0 aliphatic carbocycles. The summed E-state index contributed by atoms with van der Waals surface area (Å²) in [5, 5.41) is 20.3. The summed E-state index contributed by atoms with van der Waals surface area (Å²) in [7, 11) is 0. The maximum atomic E-state index is 11.4. The Bertz CT molecular complexity index is 1030. The molecule has 0 aromatic heterocycles. The molecular formula is C19H12Cl2O5. The first-order chi connectivity index (χ1) is 12.4. The second-order valence-electron chi connectivity index (χ2n) is 5.52. The van der Waals surface area contributed by atoms with Crippen molar-refractivity contribution >= 4 is 45.9 Å². The van der Waals surface area contributed by atoms with Gasteiger partial charge in [0, 0.05) is 16.0 Å². The number of hydrogen-bond donors (Lipinski definition) is 2. The van der Waals surface area contributed by atoms with Gasteiger partial charge in [0.25, 0.3) is 0 Å². The van der Waals surface area contributed by atoms with Crippen LogP contribution in [-0.2, 0) is 6.61 Å². The van der Waals surface area contributed by atoms with Gasteiger partial charge in [-0.2, -0.15) is 0 Å². The Morgan fingerprint density at radius 2 is 1.69 bits per heavy atom. The van der Waals surface area contributed by atoms with E-state index in [1.54, 1.807) is 24.3 Å². The van der Waals surface area contributed by atoms with Crippen molar-refractivity contribution in [2.75, 3.05) is 0 Å². The quantitative estimate of drug-likeness (QED) is 0.631. The highest BCUT2D eigenvalue weighted by Crippen LogP contribution is 2.36. The molecule has 3 rings (SSSR count). The van der Waals surface area contributed by atoms with Gasteiger partial charge in [-0.1, -0.05) is 41.4 Å². The zero-order chi connectivity index (χ0) is 18.8. The normalized spacial score (nSPS) is 10.7. The fourth-order valence-electron chi connectivity index (χ4n) is 2.64. The number of fused-ring (bicyclic) bond motifs is 1. The third-order valence-electron chi connectivity index (χ3n) is 3.81. The summed E-state index contributed by atoms with van der Waals surface area (Å²) in [4.78, 5) is 22.7. The van der Waals surface area contributed by atoms with E-state index in [-0.39, 0.29) is 23.5 Å². The zero-order valence-corrected chi connectivity index (χ0v) is 14.7. The average Bonchev–Trinajstić information content (AvgIpc) is 2.58. The number of aromatic carboxylic acids is 2. The molecule has 0 unspecified atom stereocenters. The van der Waals surface area contributed by atoms with E-state index in [4.69, 9.17) is 27.9 Å². The van der Waals surface area contributed by atoms with Crippen LogP contribution in [0.2, 0.25) is 10.0 Å². The summed E-state index contributed by atoms with van der Waals surface area (Å²) in [6.45, 7) is -0.0560. The minimum absolute atomic E-state index is 0.0114. The Balaban J connectivity index is 2.07. The molecule has 26 heavy (non-hydrogen) atoms. The number of hydrogen-bond acceptors (Lipinski definition) is 3. The number of carboxylic acids is 2. The van der Waals surface area contributed by atoms with Crippen LogP contribution >= 0.6 is 23.2 Å². The second kappa shape index (κ2) is 7.23. The van der Waals surface area contributed by atoms with E-state index in [0.29, 0.717) is 26.4 Å². The van der Waals surface area contributed by atoms with E-state index in [9.17, 15) is 19.8 Å². The molecule has 0 saturated carbocycles. The van der Waals surface area contributed by atoms with Crippen LogP contribution in [0.5, 0.6) is 5.75 Å². The zero-order valence-electron chi connectivity index (χ0n) is 13.2. The van der Waals surface area contributed by atoms with E-state index in [1.165, 1.54) is 24.3 Å². The molecule has 7 heteroatoms. The smallest absolute Gasteiger partial charge is 0.336 e. The van der Waals surface area contributed by atoms with Crippen molar-refractivity contribution in [3.8, 4) is 5.75 Å². The van der Waals surface area contributed by atoms with Crippen LogP contribution in [0.3, 0.4) is 0 Å². The number of halogens is 2. The number of benzene rings is 3. The topological polar surface area (TPSA) is 83.8 Å². The average molecular weight is 391 g/mol. The summed E-state index contributed by atoms with van der Waals surface area (Å²) >= 11 is 12.3. The Hall–Kier alpha value is -2.76. The Morgan fingerprint density at radius 1 is 0.962 bits per heavy atom. The lowest BCUT2D eigenvalue weighted by Gasteiger charge is -2.13. The molecule has 3 aromatic carbocycles. The Morgan fingerprint density at radius 3 is 2.38 bits per heavy atom. The monoisotopic (exact) mass is 390 g/mol. The predicted octanol–water partition coefficient (Wildman–Crippen LogP) is 5.12. The molecule has 0 fully saturated rings. The van der Waals surface area contributed by atoms with E-state index in [2.05, 4.69) is 0 Å². The molecule has 2 N–H and O–H groups in total. The highest BCUT2D eigenvalue weighted by Gasteiger charge is 2.15. The van der Waals surface area contributed by atoms with Crippen molar-refractivity contribution < 1.29 is 24.5 Å². The summed E-state index contributed by atoms with van der Waals surface area (Å²) in [6.07, 6.45) is 0. The van der Waals surface area contributed by atoms with Gasteiger partial charge in [0.2, 0.25) is 0 Å². The molecule has 0 spiro atoms. The fraction of sp³-hybridized carbons (Fsp3) is 0.0526. The molecule has 3 aromatic rings. The van der Waals surface area contributed by atoms with Gasteiger partial charge in [-0.25, -0.2) is 9.59 Å². The van der Waals surface area contributed by atoms with Gasteiger partial charge in [-0.3, -0.25) is 0 Å². The van der Waals surface area contributed by atoms with Crippen molar-refractivity contribution in [2.24, 2.45) is 0 Å². The lowest BCUT2D eigenvalue weighted by Crippen LogP contribution is -2.06. The highest BCUT2D eigenvalue weighted by molar-refractivity contribution is 6.39. The SMILES string of the molecule is O=C(O)c1cc(OCc2ccccc2C(=O)O)c2c(Cl)cc(Cl)cc2c1. The van der Waals surface area contributed by atoms with Gasteiger partial charge in [0.05, 0.1) is 16.1 Å². The van der Waals surface area contributed by atoms with Crippen molar-refractivity contribution in [1.29, 1.82) is 0 Å². The molecule has 0 heterocycles. The molecule has 0 aliphatic heterocycles. The maximum absolute atomic E-state index is 11.4. The maximum Gasteiger partial charge on any atom is 0.336 e. The van der Waals surface area contributed by atoms with Gasteiger partial charge in [0.1, 0.15) is 12.4 Å². The van der Waals surface area contributed by atoms with Crippen LogP contribution in [0.25, 0.3) is 10.8 Å².